The third-order valence-corrected chi connectivity index (χ3v) is 2.46. The minimum absolute atomic E-state index is 0.00468. The summed E-state index contributed by atoms with van der Waals surface area (Å²) in [7, 11) is 1.75. The Kier molecular flexibility index (Phi) is 4.79. The topological polar surface area (TPSA) is 66.6 Å². The van der Waals surface area contributed by atoms with Crippen LogP contribution in [0.2, 0.25) is 0 Å². The van der Waals surface area contributed by atoms with Crippen molar-refractivity contribution < 1.29 is 9.90 Å². The summed E-state index contributed by atoms with van der Waals surface area (Å²) in [5, 5.41) is 9.53. The van der Waals surface area contributed by atoms with Gasteiger partial charge >= 0.3 is 0 Å². The molecule has 4 heteroatoms. The molecule has 0 atom stereocenters. The lowest BCUT2D eigenvalue weighted by Gasteiger charge is -2.16. The van der Waals surface area contributed by atoms with Gasteiger partial charge in [0.1, 0.15) is 5.75 Å². The number of amides is 1. The lowest BCUT2D eigenvalue weighted by atomic mass is 10.1. The smallest absolute Gasteiger partial charge is 0.226 e. The average molecular weight is 222 g/mol. The van der Waals surface area contributed by atoms with E-state index < -0.39 is 0 Å². The number of hydrogen-bond acceptors (Lipinski definition) is 3. The van der Waals surface area contributed by atoms with Crippen molar-refractivity contribution in [1.29, 1.82) is 0 Å². The second-order valence-corrected chi connectivity index (χ2v) is 3.76. The summed E-state index contributed by atoms with van der Waals surface area (Å²) in [5.41, 5.74) is 6.04. The van der Waals surface area contributed by atoms with Crippen molar-refractivity contribution in [3.05, 3.63) is 29.8 Å². The van der Waals surface area contributed by atoms with E-state index in [4.69, 9.17) is 5.73 Å². The first-order valence-corrected chi connectivity index (χ1v) is 5.36. The number of carbonyl (C=O) groups is 1. The van der Waals surface area contributed by atoms with Crippen LogP contribution < -0.4 is 5.73 Å². The molecule has 0 radical (unpaired) electrons. The van der Waals surface area contributed by atoms with Crippen molar-refractivity contribution >= 4 is 5.91 Å². The van der Waals surface area contributed by atoms with Crippen LogP contribution in [-0.2, 0) is 11.2 Å². The largest absolute Gasteiger partial charge is 0.508 e. The summed E-state index contributed by atoms with van der Waals surface area (Å²) >= 11 is 0. The first-order chi connectivity index (χ1) is 7.65. The Bertz CT molecular complexity index is 353. The summed E-state index contributed by atoms with van der Waals surface area (Å²) in [6.45, 7) is 1.23. The summed E-state index contributed by atoms with van der Waals surface area (Å²) in [6.07, 6.45) is 1.02. The van der Waals surface area contributed by atoms with Gasteiger partial charge in [0, 0.05) is 19.2 Å². The maximum Gasteiger partial charge on any atom is 0.226 e. The molecular weight excluding hydrogens is 204 g/mol. The fraction of sp³-hybridized carbons (Fsp3) is 0.417. The van der Waals surface area contributed by atoms with E-state index in [1.54, 1.807) is 30.1 Å². The number of para-hydroxylation sites is 1. The lowest BCUT2D eigenvalue weighted by Crippen LogP contribution is -2.30. The third kappa shape index (κ3) is 3.55. The van der Waals surface area contributed by atoms with E-state index in [9.17, 15) is 9.90 Å². The number of hydrogen-bond donors (Lipinski definition) is 2. The molecule has 0 aliphatic rings. The van der Waals surface area contributed by atoms with Crippen molar-refractivity contribution in [2.75, 3.05) is 20.1 Å². The molecule has 0 aliphatic carbocycles. The molecule has 0 spiro atoms. The second kappa shape index (κ2) is 6.12. The highest BCUT2D eigenvalue weighted by atomic mass is 16.3. The highest BCUT2D eigenvalue weighted by Crippen LogP contribution is 2.16. The van der Waals surface area contributed by atoms with Gasteiger partial charge in [0.25, 0.3) is 0 Å². The fourth-order valence-electron chi connectivity index (χ4n) is 1.41. The highest BCUT2D eigenvalue weighted by Gasteiger charge is 2.11. The number of nitrogens with two attached hydrogens (primary N) is 1. The molecule has 0 heterocycles. The van der Waals surface area contributed by atoms with Gasteiger partial charge in [-0.2, -0.15) is 0 Å². The van der Waals surface area contributed by atoms with Gasteiger partial charge in [0.15, 0.2) is 0 Å². The van der Waals surface area contributed by atoms with Crippen molar-refractivity contribution in [2.45, 2.75) is 12.8 Å². The Morgan fingerprint density at radius 2 is 2.12 bits per heavy atom. The Labute approximate surface area is 95.7 Å². The summed E-state index contributed by atoms with van der Waals surface area (Å²) in [5.74, 6) is 0.165. The molecule has 16 heavy (non-hydrogen) atoms. The zero-order valence-corrected chi connectivity index (χ0v) is 9.52. The minimum Gasteiger partial charge on any atom is -0.508 e. The Morgan fingerprint density at radius 1 is 1.44 bits per heavy atom. The molecule has 0 aromatic heterocycles. The van der Waals surface area contributed by atoms with E-state index in [2.05, 4.69) is 0 Å². The number of aromatic hydroxyl groups is 1. The van der Waals surface area contributed by atoms with E-state index in [0.29, 0.717) is 18.7 Å². The number of benzene rings is 1. The van der Waals surface area contributed by atoms with Crippen LogP contribution in [0.3, 0.4) is 0 Å². The van der Waals surface area contributed by atoms with Crippen molar-refractivity contribution in [3.8, 4) is 5.75 Å². The first-order valence-electron chi connectivity index (χ1n) is 5.36. The molecule has 0 bridgehead atoms. The minimum atomic E-state index is -0.00468. The summed E-state index contributed by atoms with van der Waals surface area (Å²) in [6, 6.07) is 6.89. The van der Waals surface area contributed by atoms with E-state index in [1.807, 2.05) is 6.07 Å². The van der Waals surface area contributed by atoms with Gasteiger partial charge in [0.2, 0.25) is 5.91 Å². The number of nitrogens with zero attached hydrogens (tertiary/aromatic N) is 1. The quantitative estimate of drug-likeness (QED) is 0.772. The molecule has 3 N–H and O–H groups in total. The van der Waals surface area contributed by atoms with Crippen LogP contribution in [0, 0.1) is 0 Å². The third-order valence-electron chi connectivity index (χ3n) is 2.46. The van der Waals surface area contributed by atoms with Gasteiger partial charge < -0.3 is 15.7 Å². The molecule has 0 unspecified atom stereocenters. The van der Waals surface area contributed by atoms with Gasteiger partial charge in [-0.1, -0.05) is 18.2 Å². The number of phenolic OH excluding ortho intramolecular Hbond substituents is 1. The molecule has 88 valence electrons. The summed E-state index contributed by atoms with van der Waals surface area (Å²) < 4.78 is 0. The molecule has 0 saturated heterocycles. The number of phenols is 1. The molecule has 0 fully saturated rings. The van der Waals surface area contributed by atoms with Gasteiger partial charge in [-0.3, -0.25) is 4.79 Å². The Morgan fingerprint density at radius 3 is 2.75 bits per heavy atom. The van der Waals surface area contributed by atoms with Crippen LogP contribution >= 0.6 is 0 Å². The molecule has 1 rings (SSSR count). The second-order valence-electron chi connectivity index (χ2n) is 3.76. The van der Waals surface area contributed by atoms with Crippen LogP contribution in [0.25, 0.3) is 0 Å². The van der Waals surface area contributed by atoms with E-state index in [0.717, 1.165) is 6.42 Å². The van der Waals surface area contributed by atoms with Crippen LogP contribution in [0.4, 0.5) is 0 Å². The monoisotopic (exact) mass is 222 g/mol. The van der Waals surface area contributed by atoms with Crippen LogP contribution in [0.5, 0.6) is 5.75 Å². The zero-order valence-electron chi connectivity index (χ0n) is 9.52. The van der Waals surface area contributed by atoms with Gasteiger partial charge in [-0.15, -0.1) is 0 Å². The van der Waals surface area contributed by atoms with Crippen LogP contribution in [0.1, 0.15) is 12.0 Å². The first kappa shape index (κ1) is 12.5. The molecular formula is C12H18N2O2. The van der Waals surface area contributed by atoms with Crippen molar-refractivity contribution in [1.82, 2.24) is 4.90 Å². The average Bonchev–Trinajstić information content (AvgIpc) is 2.28. The van der Waals surface area contributed by atoms with Gasteiger partial charge in [-0.05, 0) is 19.0 Å². The highest BCUT2D eigenvalue weighted by molar-refractivity contribution is 5.79. The maximum absolute atomic E-state index is 11.7. The van der Waals surface area contributed by atoms with Crippen LogP contribution in [-0.4, -0.2) is 36.1 Å². The fourth-order valence-corrected chi connectivity index (χ4v) is 1.41. The predicted molar refractivity (Wildman–Crippen MR) is 63.1 cm³/mol. The maximum atomic E-state index is 11.7. The van der Waals surface area contributed by atoms with Gasteiger partial charge in [0.05, 0.1) is 6.42 Å². The molecule has 1 aromatic carbocycles. The Hall–Kier alpha value is -1.55. The van der Waals surface area contributed by atoms with E-state index in [-0.39, 0.29) is 18.1 Å². The Balaban J connectivity index is 2.54. The lowest BCUT2D eigenvalue weighted by molar-refractivity contribution is -0.129. The summed E-state index contributed by atoms with van der Waals surface area (Å²) in [4.78, 5) is 13.4. The van der Waals surface area contributed by atoms with Gasteiger partial charge in [-0.25, -0.2) is 0 Å². The molecule has 0 saturated carbocycles. The molecule has 1 aromatic rings. The number of likely N-dealkylation sites (N-methyl/N-ethyl adjacent to an activating group) is 1. The van der Waals surface area contributed by atoms with Crippen LogP contribution in [0.15, 0.2) is 24.3 Å². The van der Waals surface area contributed by atoms with E-state index >= 15 is 0 Å². The number of carbonyl (C=O) groups excluding carboxylic acids is 1. The van der Waals surface area contributed by atoms with Crippen molar-refractivity contribution in [2.24, 2.45) is 5.73 Å². The molecule has 1 amide bonds. The normalized spacial score (nSPS) is 10.1. The number of rotatable bonds is 5. The van der Waals surface area contributed by atoms with E-state index in [1.165, 1.54) is 0 Å². The standard InChI is InChI=1S/C12H18N2O2/c1-14(8-4-7-13)12(16)9-10-5-2-3-6-11(10)15/h2-3,5-6,15H,4,7-9,13H2,1H3. The van der Waals surface area contributed by atoms with Crippen molar-refractivity contribution in [3.63, 3.8) is 0 Å². The zero-order chi connectivity index (χ0) is 12.0. The predicted octanol–water partition coefficient (Wildman–Crippen LogP) is 0.742. The SMILES string of the molecule is CN(CCCN)C(=O)Cc1ccccc1O. The molecule has 4 nitrogen and oxygen atoms in total. The molecule has 0 aliphatic heterocycles.